The fourth-order valence-electron chi connectivity index (χ4n) is 1.92. The molecule has 0 fully saturated rings. The predicted molar refractivity (Wildman–Crippen MR) is 84.7 cm³/mol. The first kappa shape index (κ1) is 16.3. The molecule has 5 heteroatoms. The highest BCUT2D eigenvalue weighted by Gasteiger charge is 2.12. The Morgan fingerprint density at radius 2 is 1.86 bits per heavy atom. The summed E-state index contributed by atoms with van der Waals surface area (Å²) in [5.41, 5.74) is 0.788. The number of halogens is 2. The van der Waals surface area contributed by atoms with Crippen molar-refractivity contribution in [1.29, 1.82) is 0 Å². The van der Waals surface area contributed by atoms with Gasteiger partial charge in [-0.2, -0.15) is 0 Å². The minimum atomic E-state index is -0.410. The first-order chi connectivity index (χ1) is 10.6. The molecule has 0 spiro atoms. The molecule has 2 aromatic carbocycles. The molecule has 0 bridgehead atoms. The van der Waals surface area contributed by atoms with Gasteiger partial charge < -0.3 is 9.64 Å². The second-order valence-electron chi connectivity index (χ2n) is 4.86. The molecule has 0 unspecified atom stereocenters. The van der Waals surface area contributed by atoms with Crippen LogP contribution in [0.5, 0.6) is 5.75 Å². The molecule has 0 saturated carbocycles. The van der Waals surface area contributed by atoms with Gasteiger partial charge in [-0.05, 0) is 23.8 Å². The second kappa shape index (κ2) is 7.80. The van der Waals surface area contributed by atoms with E-state index in [1.807, 2.05) is 18.2 Å². The van der Waals surface area contributed by atoms with Crippen LogP contribution in [-0.4, -0.2) is 31.0 Å². The second-order valence-corrected chi connectivity index (χ2v) is 5.27. The average Bonchev–Trinajstić information content (AvgIpc) is 2.51. The summed E-state index contributed by atoms with van der Waals surface area (Å²) in [6, 6.07) is 13.4. The Bertz CT molecular complexity index is 648. The molecular formula is C17H17ClFNO2. The van der Waals surface area contributed by atoms with Gasteiger partial charge in [0.05, 0.1) is 13.0 Å². The van der Waals surface area contributed by atoms with Crippen LogP contribution in [0.1, 0.15) is 5.56 Å². The molecule has 0 radical (unpaired) electrons. The van der Waals surface area contributed by atoms with Crippen LogP contribution in [-0.2, 0) is 11.2 Å². The van der Waals surface area contributed by atoms with Gasteiger partial charge in [0.2, 0.25) is 5.91 Å². The number of hydrogen-bond acceptors (Lipinski definition) is 2. The van der Waals surface area contributed by atoms with Crippen molar-refractivity contribution < 1.29 is 13.9 Å². The van der Waals surface area contributed by atoms with Crippen molar-refractivity contribution in [1.82, 2.24) is 4.90 Å². The fraction of sp³-hybridized carbons (Fsp3) is 0.235. The lowest BCUT2D eigenvalue weighted by Gasteiger charge is -2.18. The molecule has 3 nitrogen and oxygen atoms in total. The topological polar surface area (TPSA) is 29.5 Å². The molecular weight excluding hydrogens is 305 g/mol. The minimum Gasteiger partial charge on any atom is -0.489 e. The van der Waals surface area contributed by atoms with Gasteiger partial charge in [-0.3, -0.25) is 4.79 Å². The Kier molecular flexibility index (Phi) is 5.78. The lowest BCUT2D eigenvalue weighted by atomic mass is 10.1. The van der Waals surface area contributed by atoms with Crippen LogP contribution in [0.25, 0.3) is 0 Å². The number of para-hydroxylation sites is 1. The van der Waals surface area contributed by atoms with Gasteiger partial charge >= 0.3 is 0 Å². The van der Waals surface area contributed by atoms with E-state index in [1.54, 1.807) is 36.2 Å². The predicted octanol–water partition coefficient (Wildman–Crippen LogP) is 3.56. The maximum Gasteiger partial charge on any atom is 0.226 e. The Balaban J connectivity index is 1.82. The minimum absolute atomic E-state index is 0.0646. The van der Waals surface area contributed by atoms with Crippen LogP contribution in [0.15, 0.2) is 48.5 Å². The van der Waals surface area contributed by atoms with E-state index in [2.05, 4.69) is 0 Å². The van der Waals surface area contributed by atoms with Crippen molar-refractivity contribution in [2.45, 2.75) is 6.42 Å². The number of carbonyl (C=O) groups is 1. The van der Waals surface area contributed by atoms with Gasteiger partial charge in [-0.1, -0.05) is 41.9 Å². The molecule has 2 aromatic rings. The van der Waals surface area contributed by atoms with Gasteiger partial charge in [0.1, 0.15) is 6.61 Å². The highest BCUT2D eigenvalue weighted by atomic mass is 35.5. The maximum absolute atomic E-state index is 13.4. The molecule has 0 N–H and O–H groups in total. The van der Waals surface area contributed by atoms with Gasteiger partial charge in [-0.25, -0.2) is 4.39 Å². The highest BCUT2D eigenvalue weighted by Crippen LogP contribution is 2.17. The molecule has 116 valence electrons. The summed E-state index contributed by atoms with van der Waals surface area (Å²) in [5, 5.41) is 0.576. The number of rotatable bonds is 6. The Labute approximate surface area is 134 Å². The first-order valence-electron chi connectivity index (χ1n) is 6.92. The van der Waals surface area contributed by atoms with E-state index in [9.17, 15) is 9.18 Å². The molecule has 2 rings (SSSR count). The molecule has 0 aromatic heterocycles. The summed E-state index contributed by atoms with van der Waals surface area (Å²) in [4.78, 5) is 13.7. The maximum atomic E-state index is 13.4. The van der Waals surface area contributed by atoms with E-state index in [4.69, 9.17) is 16.3 Å². The zero-order chi connectivity index (χ0) is 15.9. The van der Waals surface area contributed by atoms with Crippen LogP contribution in [0.2, 0.25) is 5.02 Å². The van der Waals surface area contributed by atoms with Crippen molar-refractivity contribution in [3.05, 3.63) is 64.9 Å². The van der Waals surface area contributed by atoms with Crippen molar-refractivity contribution in [3.63, 3.8) is 0 Å². The number of nitrogens with zero attached hydrogens (tertiary/aromatic N) is 1. The van der Waals surface area contributed by atoms with Gasteiger partial charge in [-0.15, -0.1) is 0 Å². The Hall–Kier alpha value is -2.07. The van der Waals surface area contributed by atoms with Crippen LogP contribution < -0.4 is 4.74 Å². The van der Waals surface area contributed by atoms with E-state index >= 15 is 0 Å². The average molecular weight is 322 g/mol. The summed E-state index contributed by atoms with van der Waals surface area (Å²) in [6.07, 6.45) is 0.232. The van der Waals surface area contributed by atoms with Crippen LogP contribution in [0.4, 0.5) is 4.39 Å². The molecule has 22 heavy (non-hydrogen) atoms. The third-order valence-electron chi connectivity index (χ3n) is 3.25. The highest BCUT2D eigenvalue weighted by molar-refractivity contribution is 6.31. The Morgan fingerprint density at radius 3 is 2.59 bits per heavy atom. The number of hydrogen-bond donors (Lipinski definition) is 0. The lowest BCUT2D eigenvalue weighted by molar-refractivity contribution is -0.129. The number of benzene rings is 2. The molecule has 0 saturated heterocycles. The molecule has 1 amide bonds. The molecule has 0 atom stereocenters. The third-order valence-corrected chi connectivity index (χ3v) is 3.61. The zero-order valence-corrected chi connectivity index (χ0v) is 13.0. The van der Waals surface area contributed by atoms with E-state index < -0.39 is 5.82 Å². The van der Waals surface area contributed by atoms with E-state index in [0.717, 1.165) is 5.56 Å². The van der Waals surface area contributed by atoms with E-state index in [0.29, 0.717) is 11.6 Å². The number of carbonyl (C=O) groups excluding carboxylic acids is 1. The smallest absolute Gasteiger partial charge is 0.226 e. The monoisotopic (exact) mass is 321 g/mol. The largest absolute Gasteiger partial charge is 0.489 e. The van der Waals surface area contributed by atoms with Gasteiger partial charge in [0.25, 0.3) is 0 Å². The Morgan fingerprint density at radius 1 is 1.18 bits per heavy atom. The quantitative estimate of drug-likeness (QED) is 0.814. The van der Waals surface area contributed by atoms with Crippen molar-refractivity contribution in [3.8, 4) is 5.75 Å². The first-order valence-corrected chi connectivity index (χ1v) is 7.30. The molecule has 0 aliphatic carbocycles. The normalized spacial score (nSPS) is 10.3. The molecule has 0 aliphatic heterocycles. The van der Waals surface area contributed by atoms with Crippen LogP contribution in [0, 0.1) is 5.82 Å². The third kappa shape index (κ3) is 4.46. The number of amides is 1. The van der Waals surface area contributed by atoms with Gasteiger partial charge in [0, 0.05) is 12.1 Å². The SMILES string of the molecule is CN(CCOc1ccccc1F)C(=O)Cc1ccccc1Cl. The standard InChI is InChI=1S/C17H17ClFNO2/c1-20(10-11-22-16-9-5-4-8-15(16)19)17(21)12-13-6-2-3-7-14(13)18/h2-9H,10-12H2,1H3. The summed E-state index contributed by atoms with van der Waals surface area (Å²) in [7, 11) is 1.68. The molecule has 0 heterocycles. The lowest BCUT2D eigenvalue weighted by Crippen LogP contribution is -2.32. The summed E-state index contributed by atoms with van der Waals surface area (Å²) < 4.78 is 18.7. The zero-order valence-electron chi connectivity index (χ0n) is 12.3. The van der Waals surface area contributed by atoms with Crippen molar-refractivity contribution in [2.75, 3.05) is 20.2 Å². The van der Waals surface area contributed by atoms with Crippen LogP contribution in [0.3, 0.4) is 0 Å². The van der Waals surface area contributed by atoms with E-state index in [1.165, 1.54) is 6.07 Å². The number of likely N-dealkylation sites (N-methyl/N-ethyl adjacent to an activating group) is 1. The number of ether oxygens (including phenoxy) is 1. The van der Waals surface area contributed by atoms with Crippen LogP contribution >= 0.6 is 11.6 Å². The van der Waals surface area contributed by atoms with Crippen molar-refractivity contribution >= 4 is 17.5 Å². The summed E-state index contributed by atoms with van der Waals surface area (Å²) in [6.45, 7) is 0.601. The van der Waals surface area contributed by atoms with Crippen molar-refractivity contribution in [2.24, 2.45) is 0 Å². The fourth-order valence-corrected chi connectivity index (χ4v) is 2.12. The summed E-state index contributed by atoms with van der Waals surface area (Å²) >= 11 is 6.04. The summed E-state index contributed by atoms with van der Waals surface area (Å²) in [5.74, 6) is -0.285. The molecule has 0 aliphatic rings. The van der Waals surface area contributed by atoms with E-state index in [-0.39, 0.29) is 24.7 Å². The van der Waals surface area contributed by atoms with Gasteiger partial charge in [0.15, 0.2) is 11.6 Å².